The van der Waals surface area contributed by atoms with Gasteiger partial charge in [-0.2, -0.15) is 0 Å². The second-order valence-electron chi connectivity index (χ2n) is 6.96. The Hall–Kier alpha value is -3.30. The van der Waals surface area contributed by atoms with Crippen LogP contribution in [0.4, 0.5) is 10.1 Å². The SMILES string of the molecule is Cc1cc(C)nc(SCc2c(C(=O)Nc3cccc(F)c3)nnn2-c2ccc(Cl)cc2)n1. The van der Waals surface area contributed by atoms with E-state index < -0.39 is 11.7 Å². The molecule has 0 aliphatic heterocycles. The molecule has 4 aromatic rings. The molecule has 1 amide bonds. The van der Waals surface area contributed by atoms with Crippen molar-refractivity contribution in [2.24, 2.45) is 0 Å². The Bertz CT molecular complexity index is 1260. The summed E-state index contributed by atoms with van der Waals surface area (Å²) in [6, 6.07) is 14.6. The fourth-order valence-corrected chi connectivity index (χ4v) is 4.11. The van der Waals surface area contributed by atoms with E-state index >= 15 is 0 Å². The van der Waals surface area contributed by atoms with Gasteiger partial charge in [0.05, 0.1) is 11.4 Å². The Balaban J connectivity index is 1.67. The number of hydrogen-bond acceptors (Lipinski definition) is 6. The van der Waals surface area contributed by atoms with Crippen molar-refractivity contribution in [2.45, 2.75) is 24.8 Å². The molecule has 2 aromatic carbocycles. The van der Waals surface area contributed by atoms with Crippen LogP contribution in [0.15, 0.2) is 59.8 Å². The van der Waals surface area contributed by atoms with E-state index in [2.05, 4.69) is 25.6 Å². The molecular formula is C22H18ClFN6OS. The van der Waals surface area contributed by atoms with E-state index in [0.717, 1.165) is 11.4 Å². The molecule has 10 heteroatoms. The van der Waals surface area contributed by atoms with Crippen LogP contribution in [0.3, 0.4) is 0 Å². The number of carbonyl (C=O) groups is 1. The Labute approximate surface area is 193 Å². The molecule has 7 nitrogen and oxygen atoms in total. The van der Waals surface area contributed by atoms with Crippen molar-refractivity contribution in [2.75, 3.05) is 5.32 Å². The smallest absolute Gasteiger partial charge is 0.278 e. The summed E-state index contributed by atoms with van der Waals surface area (Å²) in [4.78, 5) is 21.8. The molecule has 2 heterocycles. The van der Waals surface area contributed by atoms with Crippen molar-refractivity contribution in [1.29, 1.82) is 0 Å². The number of nitrogens with one attached hydrogen (secondary N) is 1. The monoisotopic (exact) mass is 468 g/mol. The summed E-state index contributed by atoms with van der Waals surface area (Å²) in [6.07, 6.45) is 0. The van der Waals surface area contributed by atoms with E-state index in [1.807, 2.05) is 19.9 Å². The topological polar surface area (TPSA) is 85.6 Å². The van der Waals surface area contributed by atoms with Gasteiger partial charge in [-0.05, 0) is 62.4 Å². The van der Waals surface area contributed by atoms with E-state index in [9.17, 15) is 9.18 Å². The molecule has 1 N–H and O–H groups in total. The number of aryl methyl sites for hydroxylation is 2. The first-order valence-electron chi connectivity index (χ1n) is 9.61. The summed E-state index contributed by atoms with van der Waals surface area (Å²) in [5, 5.41) is 12.1. The van der Waals surface area contributed by atoms with E-state index in [1.54, 1.807) is 35.0 Å². The van der Waals surface area contributed by atoms with Crippen LogP contribution in [0.1, 0.15) is 27.6 Å². The second-order valence-corrected chi connectivity index (χ2v) is 8.34. The molecule has 0 bridgehead atoms. The third-order valence-corrected chi connectivity index (χ3v) is 5.54. The highest BCUT2D eigenvalue weighted by Crippen LogP contribution is 2.25. The lowest BCUT2D eigenvalue weighted by Crippen LogP contribution is -2.15. The van der Waals surface area contributed by atoms with Crippen LogP contribution >= 0.6 is 23.4 Å². The number of benzene rings is 2. The first-order chi connectivity index (χ1) is 15.4. The zero-order valence-corrected chi connectivity index (χ0v) is 18.8. The Morgan fingerprint density at radius 2 is 1.81 bits per heavy atom. The number of amides is 1. The number of rotatable bonds is 6. The number of anilines is 1. The van der Waals surface area contributed by atoms with Gasteiger partial charge in [0.2, 0.25) is 0 Å². The van der Waals surface area contributed by atoms with E-state index in [1.165, 1.54) is 30.0 Å². The maximum Gasteiger partial charge on any atom is 0.278 e. The van der Waals surface area contributed by atoms with Gasteiger partial charge in [-0.15, -0.1) is 5.10 Å². The summed E-state index contributed by atoms with van der Waals surface area (Å²) < 4.78 is 15.1. The highest BCUT2D eigenvalue weighted by atomic mass is 35.5. The van der Waals surface area contributed by atoms with E-state index in [0.29, 0.717) is 33.0 Å². The fourth-order valence-electron chi connectivity index (χ4n) is 3.04. The van der Waals surface area contributed by atoms with Crippen molar-refractivity contribution < 1.29 is 9.18 Å². The third-order valence-electron chi connectivity index (χ3n) is 4.43. The molecule has 0 saturated carbocycles. The number of hydrogen-bond donors (Lipinski definition) is 1. The molecule has 0 unspecified atom stereocenters. The zero-order valence-electron chi connectivity index (χ0n) is 17.2. The maximum absolute atomic E-state index is 13.5. The number of aromatic nitrogens is 5. The summed E-state index contributed by atoms with van der Waals surface area (Å²) in [5.74, 6) is -0.604. The molecule has 0 radical (unpaired) electrons. The molecule has 0 atom stereocenters. The average Bonchev–Trinajstić information content (AvgIpc) is 3.16. The molecule has 2 aromatic heterocycles. The number of thioether (sulfide) groups is 1. The summed E-state index contributed by atoms with van der Waals surface area (Å²) in [5.41, 5.74) is 3.41. The zero-order chi connectivity index (χ0) is 22.7. The molecule has 162 valence electrons. The van der Waals surface area contributed by atoms with Crippen molar-refractivity contribution >= 4 is 35.0 Å². The van der Waals surface area contributed by atoms with Crippen LogP contribution in [0, 0.1) is 19.7 Å². The Morgan fingerprint density at radius 3 is 2.50 bits per heavy atom. The van der Waals surface area contributed by atoms with Gasteiger partial charge in [0.25, 0.3) is 5.91 Å². The number of carbonyl (C=O) groups excluding carboxylic acids is 1. The molecule has 0 spiro atoms. The summed E-state index contributed by atoms with van der Waals surface area (Å²) in [6.45, 7) is 3.80. The van der Waals surface area contributed by atoms with Crippen molar-refractivity contribution in [1.82, 2.24) is 25.0 Å². The minimum absolute atomic E-state index is 0.126. The Morgan fingerprint density at radius 1 is 1.09 bits per heavy atom. The van der Waals surface area contributed by atoms with Crippen LogP contribution in [-0.4, -0.2) is 30.9 Å². The average molecular weight is 469 g/mol. The standard InChI is InChI=1S/C22H18ClFN6OS/c1-13-10-14(2)26-22(25-13)32-12-19-20(21(31)27-17-5-3-4-16(24)11-17)28-29-30(19)18-8-6-15(23)7-9-18/h3-11H,12H2,1-2H3,(H,27,31). The lowest BCUT2D eigenvalue weighted by atomic mass is 10.2. The molecule has 0 aliphatic carbocycles. The lowest BCUT2D eigenvalue weighted by molar-refractivity contribution is 0.102. The molecule has 32 heavy (non-hydrogen) atoms. The first-order valence-corrected chi connectivity index (χ1v) is 11.0. The van der Waals surface area contributed by atoms with Gasteiger partial charge in [-0.1, -0.05) is 34.6 Å². The van der Waals surface area contributed by atoms with Gasteiger partial charge < -0.3 is 5.32 Å². The number of halogens is 2. The third kappa shape index (κ3) is 5.12. The largest absolute Gasteiger partial charge is 0.320 e. The van der Waals surface area contributed by atoms with Gasteiger partial charge in [0, 0.05) is 27.9 Å². The quantitative estimate of drug-likeness (QED) is 0.316. The van der Waals surface area contributed by atoms with Crippen LogP contribution < -0.4 is 5.32 Å². The molecule has 0 saturated heterocycles. The summed E-state index contributed by atoms with van der Waals surface area (Å²) >= 11 is 7.38. The van der Waals surface area contributed by atoms with Crippen LogP contribution in [-0.2, 0) is 5.75 Å². The van der Waals surface area contributed by atoms with E-state index in [4.69, 9.17) is 11.6 Å². The van der Waals surface area contributed by atoms with Crippen LogP contribution in [0.2, 0.25) is 5.02 Å². The van der Waals surface area contributed by atoms with Crippen molar-refractivity contribution in [3.8, 4) is 5.69 Å². The molecule has 4 rings (SSSR count). The second kappa shape index (κ2) is 9.46. The first kappa shape index (κ1) is 21.9. The fraction of sp³-hybridized carbons (Fsp3) is 0.136. The minimum atomic E-state index is -0.493. The van der Waals surface area contributed by atoms with Crippen molar-refractivity contribution in [3.63, 3.8) is 0 Å². The van der Waals surface area contributed by atoms with E-state index in [-0.39, 0.29) is 5.69 Å². The van der Waals surface area contributed by atoms with Crippen LogP contribution in [0.25, 0.3) is 5.69 Å². The van der Waals surface area contributed by atoms with Gasteiger partial charge in [0.1, 0.15) is 5.82 Å². The predicted molar refractivity (Wildman–Crippen MR) is 122 cm³/mol. The lowest BCUT2D eigenvalue weighted by Gasteiger charge is -2.09. The Kier molecular flexibility index (Phi) is 6.48. The molecular weight excluding hydrogens is 451 g/mol. The van der Waals surface area contributed by atoms with Gasteiger partial charge in [-0.3, -0.25) is 4.79 Å². The van der Waals surface area contributed by atoms with Crippen LogP contribution in [0.5, 0.6) is 0 Å². The van der Waals surface area contributed by atoms with Gasteiger partial charge in [-0.25, -0.2) is 19.0 Å². The normalized spacial score (nSPS) is 10.9. The highest BCUT2D eigenvalue weighted by molar-refractivity contribution is 7.98. The van der Waals surface area contributed by atoms with Crippen molar-refractivity contribution in [3.05, 3.63) is 88.2 Å². The maximum atomic E-state index is 13.5. The molecule has 0 aliphatic rings. The summed E-state index contributed by atoms with van der Waals surface area (Å²) in [7, 11) is 0. The van der Waals surface area contributed by atoms with Gasteiger partial charge >= 0.3 is 0 Å². The van der Waals surface area contributed by atoms with Gasteiger partial charge in [0.15, 0.2) is 10.9 Å². The predicted octanol–water partition coefficient (Wildman–Crippen LogP) is 5.01. The number of nitrogens with zero attached hydrogens (tertiary/aromatic N) is 5. The highest BCUT2D eigenvalue weighted by Gasteiger charge is 2.22. The minimum Gasteiger partial charge on any atom is -0.320 e. The molecule has 0 fully saturated rings.